The first-order chi connectivity index (χ1) is 9.33. The minimum absolute atomic E-state index is 0.105. The maximum Gasteiger partial charge on any atom is 0.166 e. The second-order valence-electron chi connectivity index (χ2n) is 4.25. The molecule has 3 heterocycles. The van der Waals surface area contributed by atoms with Crippen molar-refractivity contribution in [2.24, 2.45) is 0 Å². The molecule has 1 aliphatic heterocycles. The van der Waals surface area contributed by atoms with Crippen molar-refractivity contribution in [3.63, 3.8) is 0 Å². The first-order valence-corrected chi connectivity index (χ1v) is 6.11. The van der Waals surface area contributed by atoms with Crippen LogP contribution < -0.4 is 5.32 Å². The second kappa shape index (κ2) is 5.02. The summed E-state index contributed by atoms with van der Waals surface area (Å²) in [4.78, 5) is 12.0. The Morgan fingerprint density at radius 2 is 1.74 bits per heavy atom. The van der Waals surface area contributed by atoms with Gasteiger partial charge in [-0.05, 0) is 30.3 Å². The maximum atomic E-state index is 12.0. The number of nitrogens with one attached hydrogen (secondary N) is 1. The Labute approximate surface area is 110 Å². The van der Waals surface area contributed by atoms with Gasteiger partial charge in [0.15, 0.2) is 5.78 Å². The third-order valence-electron chi connectivity index (χ3n) is 2.92. The molecule has 0 atom stereocenters. The lowest BCUT2D eigenvalue weighted by atomic mass is 9.99. The van der Waals surface area contributed by atoms with Gasteiger partial charge in [0.25, 0.3) is 0 Å². The normalized spacial score (nSPS) is 19.9. The molecule has 0 bridgehead atoms. The summed E-state index contributed by atoms with van der Waals surface area (Å²) >= 11 is 0. The van der Waals surface area contributed by atoms with Crippen LogP contribution in [0, 0.1) is 0 Å². The van der Waals surface area contributed by atoms with Gasteiger partial charge in [0.1, 0.15) is 11.5 Å². The second-order valence-corrected chi connectivity index (χ2v) is 4.25. The molecule has 0 aromatic carbocycles. The number of furan rings is 2. The van der Waals surface area contributed by atoms with E-state index in [-0.39, 0.29) is 5.78 Å². The van der Waals surface area contributed by atoms with E-state index in [1.165, 1.54) is 0 Å². The topological polar surface area (TPSA) is 55.4 Å². The molecule has 0 amide bonds. The van der Waals surface area contributed by atoms with Gasteiger partial charge in [0.05, 0.1) is 12.5 Å². The number of rotatable bonds is 2. The number of Topliss-reactive ketones (excluding diaryl/α,β-unsaturated/α-hetero) is 1. The van der Waals surface area contributed by atoms with Crippen molar-refractivity contribution in [3.05, 3.63) is 59.6 Å². The first kappa shape index (κ1) is 11.6. The molecule has 3 rings (SSSR count). The summed E-state index contributed by atoms with van der Waals surface area (Å²) in [5.74, 6) is 1.48. The SMILES string of the molecule is O=C1CCNC(=Cc2ccco2)C1=Cc1ccco1. The van der Waals surface area contributed by atoms with Crippen molar-refractivity contribution in [3.8, 4) is 0 Å². The molecule has 0 radical (unpaired) electrons. The van der Waals surface area contributed by atoms with Crippen molar-refractivity contribution in [2.75, 3.05) is 6.54 Å². The average Bonchev–Trinajstić information content (AvgIpc) is 3.07. The molecule has 0 saturated carbocycles. The third kappa shape index (κ3) is 2.52. The van der Waals surface area contributed by atoms with Crippen LogP contribution in [0.25, 0.3) is 12.2 Å². The largest absolute Gasteiger partial charge is 0.465 e. The summed E-state index contributed by atoms with van der Waals surface area (Å²) in [5.41, 5.74) is 1.39. The van der Waals surface area contributed by atoms with E-state index in [2.05, 4.69) is 5.32 Å². The quantitative estimate of drug-likeness (QED) is 0.838. The van der Waals surface area contributed by atoms with E-state index in [9.17, 15) is 4.79 Å². The number of piperidine rings is 1. The van der Waals surface area contributed by atoms with E-state index < -0.39 is 0 Å². The monoisotopic (exact) mass is 255 g/mol. The zero-order valence-electron chi connectivity index (χ0n) is 10.3. The summed E-state index contributed by atoms with van der Waals surface area (Å²) in [6, 6.07) is 7.27. The molecule has 1 N–H and O–H groups in total. The molecule has 4 nitrogen and oxygen atoms in total. The molecule has 96 valence electrons. The number of carbonyl (C=O) groups is 1. The molecule has 0 unspecified atom stereocenters. The average molecular weight is 255 g/mol. The summed E-state index contributed by atoms with van der Waals surface area (Å²) in [6.45, 7) is 0.640. The number of ketones is 1. The van der Waals surface area contributed by atoms with E-state index in [1.807, 2.05) is 24.3 Å². The van der Waals surface area contributed by atoms with Gasteiger partial charge in [-0.25, -0.2) is 0 Å². The van der Waals surface area contributed by atoms with Crippen LogP contribution in [-0.4, -0.2) is 12.3 Å². The molecule has 0 spiro atoms. The molecule has 2 aromatic rings. The van der Waals surface area contributed by atoms with Crippen LogP contribution in [0.15, 0.2) is 56.9 Å². The van der Waals surface area contributed by atoms with Gasteiger partial charge in [-0.1, -0.05) is 0 Å². The Morgan fingerprint density at radius 3 is 2.37 bits per heavy atom. The number of carbonyl (C=O) groups excluding carboxylic acids is 1. The zero-order valence-corrected chi connectivity index (χ0v) is 10.3. The van der Waals surface area contributed by atoms with Gasteiger partial charge in [-0.2, -0.15) is 0 Å². The Morgan fingerprint density at radius 1 is 1.05 bits per heavy atom. The molecule has 0 aliphatic carbocycles. The van der Waals surface area contributed by atoms with Gasteiger partial charge >= 0.3 is 0 Å². The number of hydrogen-bond acceptors (Lipinski definition) is 4. The molecule has 19 heavy (non-hydrogen) atoms. The van der Waals surface area contributed by atoms with Crippen molar-refractivity contribution < 1.29 is 13.6 Å². The van der Waals surface area contributed by atoms with Crippen molar-refractivity contribution in [1.82, 2.24) is 5.32 Å². The fourth-order valence-corrected chi connectivity index (χ4v) is 2.01. The van der Waals surface area contributed by atoms with Gasteiger partial charge in [0.2, 0.25) is 0 Å². The van der Waals surface area contributed by atoms with Gasteiger partial charge < -0.3 is 14.2 Å². The molecule has 1 fully saturated rings. The lowest BCUT2D eigenvalue weighted by Crippen LogP contribution is -2.28. The zero-order chi connectivity index (χ0) is 13.1. The molecule has 1 saturated heterocycles. The molecular formula is C15H13NO3. The molecule has 2 aromatic heterocycles. The van der Waals surface area contributed by atoms with Gasteiger partial charge in [-0.15, -0.1) is 0 Å². The van der Waals surface area contributed by atoms with Crippen LogP contribution in [0.4, 0.5) is 0 Å². The molecule has 1 aliphatic rings. The summed E-state index contributed by atoms with van der Waals surface area (Å²) < 4.78 is 10.5. The van der Waals surface area contributed by atoms with E-state index in [0.29, 0.717) is 30.1 Å². The Bertz CT molecular complexity index is 618. The highest BCUT2D eigenvalue weighted by Gasteiger charge is 2.20. The van der Waals surface area contributed by atoms with Crippen molar-refractivity contribution in [2.45, 2.75) is 6.42 Å². The fourth-order valence-electron chi connectivity index (χ4n) is 2.01. The maximum absolute atomic E-state index is 12.0. The Kier molecular flexibility index (Phi) is 3.06. The summed E-state index contributed by atoms with van der Waals surface area (Å²) in [7, 11) is 0. The highest BCUT2D eigenvalue weighted by atomic mass is 16.3. The Hall–Kier alpha value is -2.49. The fraction of sp³-hybridized carbons (Fsp3) is 0.133. The van der Waals surface area contributed by atoms with Crippen LogP contribution in [0.2, 0.25) is 0 Å². The number of hydrogen-bond donors (Lipinski definition) is 1. The van der Waals surface area contributed by atoms with Gasteiger partial charge in [0, 0.05) is 30.3 Å². The van der Waals surface area contributed by atoms with Gasteiger partial charge in [-0.3, -0.25) is 4.79 Å². The smallest absolute Gasteiger partial charge is 0.166 e. The van der Waals surface area contributed by atoms with Crippen molar-refractivity contribution >= 4 is 17.9 Å². The van der Waals surface area contributed by atoms with Crippen LogP contribution in [0.5, 0.6) is 0 Å². The summed E-state index contributed by atoms with van der Waals surface area (Å²) in [5, 5.41) is 3.22. The van der Waals surface area contributed by atoms with Crippen LogP contribution in [-0.2, 0) is 4.79 Å². The third-order valence-corrected chi connectivity index (χ3v) is 2.92. The lowest BCUT2D eigenvalue weighted by molar-refractivity contribution is -0.115. The summed E-state index contributed by atoms with van der Waals surface area (Å²) in [6.07, 6.45) is 7.26. The van der Waals surface area contributed by atoms with Crippen LogP contribution in [0.1, 0.15) is 17.9 Å². The minimum atomic E-state index is 0.105. The highest BCUT2D eigenvalue weighted by Crippen LogP contribution is 2.21. The first-order valence-electron chi connectivity index (χ1n) is 6.11. The van der Waals surface area contributed by atoms with E-state index in [0.717, 1.165) is 5.70 Å². The van der Waals surface area contributed by atoms with Crippen LogP contribution >= 0.6 is 0 Å². The van der Waals surface area contributed by atoms with E-state index in [4.69, 9.17) is 8.83 Å². The lowest BCUT2D eigenvalue weighted by Gasteiger charge is -2.18. The van der Waals surface area contributed by atoms with E-state index in [1.54, 1.807) is 24.7 Å². The predicted octanol–water partition coefficient (Wildman–Crippen LogP) is 2.86. The highest BCUT2D eigenvalue weighted by molar-refractivity contribution is 6.05. The van der Waals surface area contributed by atoms with Crippen LogP contribution in [0.3, 0.4) is 0 Å². The standard InChI is InChI=1S/C15H13NO3/c17-15-5-6-16-14(10-12-4-2-8-19-12)13(15)9-11-3-1-7-18-11/h1-4,7-10,16H,5-6H2. The predicted molar refractivity (Wildman–Crippen MR) is 71.0 cm³/mol. The molecular weight excluding hydrogens is 242 g/mol. The number of allylic oxidation sites excluding steroid dienone is 1. The minimum Gasteiger partial charge on any atom is -0.465 e. The van der Waals surface area contributed by atoms with E-state index >= 15 is 0 Å². The van der Waals surface area contributed by atoms with Crippen molar-refractivity contribution in [1.29, 1.82) is 0 Å². The molecule has 4 heteroatoms. The Balaban J connectivity index is 1.99.